The molecule has 5 heteroatoms. The Morgan fingerprint density at radius 1 is 1.00 bits per heavy atom. The summed E-state index contributed by atoms with van der Waals surface area (Å²) in [6, 6.07) is 11.2. The molecule has 2 nitrogen and oxygen atoms in total. The summed E-state index contributed by atoms with van der Waals surface area (Å²) in [6.07, 6.45) is 0. The quantitative estimate of drug-likeness (QED) is 0.726. The van der Waals surface area contributed by atoms with Gasteiger partial charge in [-0.05, 0) is 42.5 Å². The SMILES string of the molecule is CC(Br)CN1CCN(c2ccc(F)cc2)c2cc(F)ccc21. The van der Waals surface area contributed by atoms with Gasteiger partial charge in [0.2, 0.25) is 0 Å². The van der Waals surface area contributed by atoms with Crippen molar-refractivity contribution >= 4 is 33.0 Å². The van der Waals surface area contributed by atoms with Crippen molar-refractivity contribution < 1.29 is 8.78 Å². The Labute approximate surface area is 137 Å². The van der Waals surface area contributed by atoms with Crippen LogP contribution in [0, 0.1) is 11.6 Å². The fourth-order valence-electron chi connectivity index (χ4n) is 2.82. The van der Waals surface area contributed by atoms with E-state index in [1.807, 2.05) is 11.0 Å². The number of benzene rings is 2. The maximum atomic E-state index is 13.7. The molecule has 0 aromatic heterocycles. The molecule has 0 spiro atoms. The molecule has 1 aliphatic rings. The minimum Gasteiger partial charge on any atom is -0.367 e. The lowest BCUT2D eigenvalue weighted by atomic mass is 10.1. The zero-order valence-corrected chi connectivity index (χ0v) is 13.9. The summed E-state index contributed by atoms with van der Waals surface area (Å²) in [4.78, 5) is 4.63. The van der Waals surface area contributed by atoms with Crippen LogP contribution in [-0.4, -0.2) is 24.5 Å². The van der Waals surface area contributed by atoms with Crippen LogP contribution in [0.3, 0.4) is 0 Å². The summed E-state index contributed by atoms with van der Waals surface area (Å²) in [7, 11) is 0. The van der Waals surface area contributed by atoms with Gasteiger partial charge >= 0.3 is 0 Å². The number of halogens is 3. The highest BCUT2D eigenvalue weighted by Gasteiger charge is 2.24. The molecular formula is C17H17BrF2N2. The van der Waals surface area contributed by atoms with Gasteiger partial charge in [-0.25, -0.2) is 8.78 Å². The van der Waals surface area contributed by atoms with Gasteiger partial charge in [0.15, 0.2) is 0 Å². The molecule has 0 saturated heterocycles. The Kier molecular flexibility index (Phi) is 4.34. The van der Waals surface area contributed by atoms with E-state index in [2.05, 4.69) is 27.8 Å². The molecule has 0 saturated carbocycles. The maximum Gasteiger partial charge on any atom is 0.125 e. The minimum atomic E-state index is -0.269. The Morgan fingerprint density at radius 3 is 2.36 bits per heavy atom. The lowest BCUT2D eigenvalue weighted by molar-refractivity contribution is 0.624. The number of fused-ring (bicyclic) bond motifs is 1. The molecular weight excluding hydrogens is 350 g/mol. The Balaban J connectivity index is 2.00. The van der Waals surface area contributed by atoms with Gasteiger partial charge in [0.1, 0.15) is 11.6 Å². The normalized spacial score (nSPS) is 15.6. The van der Waals surface area contributed by atoms with Gasteiger partial charge in [0, 0.05) is 30.1 Å². The van der Waals surface area contributed by atoms with Crippen LogP contribution in [0.15, 0.2) is 42.5 Å². The number of anilines is 3. The van der Waals surface area contributed by atoms with Crippen molar-refractivity contribution in [3.05, 3.63) is 54.1 Å². The molecule has 2 aromatic carbocycles. The van der Waals surface area contributed by atoms with Crippen LogP contribution in [0.2, 0.25) is 0 Å². The standard InChI is InChI=1S/C17H17BrF2N2/c1-12(18)11-21-8-9-22(15-5-2-13(19)3-6-15)17-10-14(20)4-7-16(17)21/h2-7,10,12H,8-9,11H2,1H3. The maximum absolute atomic E-state index is 13.7. The van der Waals surface area contributed by atoms with E-state index in [4.69, 9.17) is 0 Å². The molecule has 0 aliphatic carbocycles. The monoisotopic (exact) mass is 366 g/mol. The fraction of sp³-hybridized carbons (Fsp3) is 0.294. The average Bonchev–Trinajstić information content (AvgIpc) is 2.48. The van der Waals surface area contributed by atoms with Crippen LogP contribution in [0.1, 0.15) is 6.92 Å². The lowest BCUT2D eigenvalue weighted by Gasteiger charge is -2.39. The van der Waals surface area contributed by atoms with Gasteiger partial charge in [0.05, 0.1) is 11.4 Å². The van der Waals surface area contributed by atoms with E-state index in [-0.39, 0.29) is 11.6 Å². The van der Waals surface area contributed by atoms with E-state index in [0.29, 0.717) is 4.83 Å². The number of alkyl halides is 1. The highest BCUT2D eigenvalue weighted by molar-refractivity contribution is 9.09. The van der Waals surface area contributed by atoms with E-state index in [1.54, 1.807) is 18.2 Å². The number of hydrogen-bond donors (Lipinski definition) is 0. The lowest BCUT2D eigenvalue weighted by Crippen LogP contribution is -2.41. The minimum absolute atomic E-state index is 0.264. The molecule has 0 bridgehead atoms. The zero-order valence-electron chi connectivity index (χ0n) is 12.3. The first-order chi connectivity index (χ1) is 10.5. The van der Waals surface area contributed by atoms with E-state index < -0.39 is 0 Å². The van der Waals surface area contributed by atoms with Gasteiger partial charge in [-0.1, -0.05) is 22.9 Å². The van der Waals surface area contributed by atoms with Gasteiger partial charge in [0.25, 0.3) is 0 Å². The predicted molar refractivity (Wildman–Crippen MR) is 90.4 cm³/mol. The third-order valence-electron chi connectivity index (χ3n) is 3.77. The van der Waals surface area contributed by atoms with E-state index >= 15 is 0 Å². The first kappa shape index (κ1) is 15.3. The number of hydrogen-bond acceptors (Lipinski definition) is 2. The summed E-state index contributed by atoms with van der Waals surface area (Å²) < 4.78 is 26.9. The van der Waals surface area contributed by atoms with E-state index in [1.165, 1.54) is 18.2 Å². The van der Waals surface area contributed by atoms with Crippen molar-refractivity contribution in [3.63, 3.8) is 0 Å². The molecule has 0 amide bonds. The van der Waals surface area contributed by atoms with Crippen LogP contribution in [0.4, 0.5) is 25.8 Å². The van der Waals surface area contributed by atoms with Crippen LogP contribution < -0.4 is 9.80 Å². The third kappa shape index (κ3) is 3.09. The molecule has 1 heterocycles. The van der Waals surface area contributed by atoms with Gasteiger partial charge < -0.3 is 9.80 Å². The number of nitrogens with zero attached hydrogens (tertiary/aromatic N) is 2. The summed E-state index contributed by atoms with van der Waals surface area (Å²) in [5.41, 5.74) is 2.70. The first-order valence-electron chi connectivity index (χ1n) is 7.26. The predicted octanol–water partition coefficient (Wildman–Crippen LogP) is 4.71. The van der Waals surface area contributed by atoms with Crippen LogP contribution in [0.25, 0.3) is 0 Å². The molecule has 2 aromatic rings. The Bertz CT molecular complexity index is 658. The topological polar surface area (TPSA) is 6.48 Å². The second kappa shape index (κ2) is 6.24. The molecule has 1 aliphatic heterocycles. The highest BCUT2D eigenvalue weighted by atomic mass is 79.9. The second-order valence-corrected chi connectivity index (χ2v) is 7.05. The molecule has 22 heavy (non-hydrogen) atoms. The third-order valence-corrected chi connectivity index (χ3v) is 4.06. The van der Waals surface area contributed by atoms with Gasteiger partial charge in [-0.15, -0.1) is 0 Å². The van der Waals surface area contributed by atoms with Crippen LogP contribution >= 0.6 is 15.9 Å². The van der Waals surface area contributed by atoms with Crippen molar-refractivity contribution in [2.75, 3.05) is 29.4 Å². The largest absolute Gasteiger partial charge is 0.367 e. The smallest absolute Gasteiger partial charge is 0.125 e. The molecule has 1 unspecified atom stereocenters. The first-order valence-corrected chi connectivity index (χ1v) is 8.18. The summed E-state index contributed by atoms with van der Waals surface area (Å²) in [6.45, 7) is 4.53. The molecule has 0 N–H and O–H groups in total. The van der Waals surface area contributed by atoms with E-state index in [0.717, 1.165) is 36.7 Å². The Morgan fingerprint density at radius 2 is 1.68 bits per heavy atom. The second-order valence-electron chi connectivity index (χ2n) is 5.49. The molecule has 116 valence electrons. The zero-order chi connectivity index (χ0) is 15.7. The van der Waals surface area contributed by atoms with Crippen molar-refractivity contribution in [2.45, 2.75) is 11.8 Å². The molecule has 1 atom stereocenters. The summed E-state index contributed by atoms with van der Waals surface area (Å²) in [5, 5.41) is 0. The summed E-state index contributed by atoms with van der Waals surface area (Å²) in [5.74, 6) is -0.533. The van der Waals surface area contributed by atoms with Crippen molar-refractivity contribution in [3.8, 4) is 0 Å². The molecule has 0 radical (unpaired) electrons. The molecule has 3 rings (SSSR count). The Hall–Kier alpha value is -1.62. The van der Waals surface area contributed by atoms with Crippen molar-refractivity contribution in [2.24, 2.45) is 0 Å². The average molecular weight is 367 g/mol. The molecule has 0 fully saturated rings. The van der Waals surface area contributed by atoms with E-state index in [9.17, 15) is 8.78 Å². The van der Waals surface area contributed by atoms with Crippen molar-refractivity contribution in [1.82, 2.24) is 0 Å². The van der Waals surface area contributed by atoms with Crippen molar-refractivity contribution in [1.29, 1.82) is 0 Å². The number of rotatable bonds is 3. The summed E-state index contributed by atoms with van der Waals surface area (Å²) >= 11 is 3.57. The van der Waals surface area contributed by atoms with Crippen LogP contribution in [0.5, 0.6) is 0 Å². The fourth-order valence-corrected chi connectivity index (χ4v) is 3.17. The van der Waals surface area contributed by atoms with Gasteiger partial charge in [-0.3, -0.25) is 0 Å². The van der Waals surface area contributed by atoms with Gasteiger partial charge in [-0.2, -0.15) is 0 Å². The van der Waals surface area contributed by atoms with Crippen LogP contribution in [-0.2, 0) is 0 Å². The highest BCUT2D eigenvalue weighted by Crippen LogP contribution is 2.38.